The maximum absolute atomic E-state index is 13.4. The topological polar surface area (TPSA) is 92.7 Å². The Balaban J connectivity index is 1.91. The molecular formula is C18H14FNO5S2. The molecule has 0 aliphatic rings. The van der Waals surface area contributed by atoms with Crippen LogP contribution in [-0.2, 0) is 10.0 Å². The monoisotopic (exact) mass is 407 g/mol. The number of anilines is 1. The molecule has 2 N–H and O–H groups in total. The summed E-state index contributed by atoms with van der Waals surface area (Å²) in [5.41, 5.74) is 0.660. The van der Waals surface area contributed by atoms with Crippen LogP contribution in [0.15, 0.2) is 58.8 Å². The smallest absolute Gasteiger partial charge is 0.335 e. The van der Waals surface area contributed by atoms with E-state index in [1.807, 2.05) is 0 Å². The summed E-state index contributed by atoms with van der Waals surface area (Å²) in [6.45, 7) is 0. The van der Waals surface area contributed by atoms with E-state index in [1.54, 1.807) is 18.2 Å². The SMILES string of the molecule is COc1cc(C(=O)O)ccc1NS(=O)(=O)c1ccc(-c2cccc(F)c2)s1. The minimum Gasteiger partial charge on any atom is -0.495 e. The third-order valence-electron chi connectivity index (χ3n) is 3.65. The predicted molar refractivity (Wildman–Crippen MR) is 100 cm³/mol. The fourth-order valence-electron chi connectivity index (χ4n) is 2.37. The first-order chi connectivity index (χ1) is 12.8. The van der Waals surface area contributed by atoms with E-state index in [0.29, 0.717) is 10.4 Å². The van der Waals surface area contributed by atoms with Crippen LogP contribution in [0.5, 0.6) is 5.75 Å². The fraction of sp³-hybridized carbons (Fsp3) is 0.0556. The van der Waals surface area contributed by atoms with Gasteiger partial charge in [0.2, 0.25) is 0 Å². The molecule has 0 aliphatic heterocycles. The molecule has 1 aromatic heterocycles. The molecule has 0 radical (unpaired) electrons. The number of carbonyl (C=O) groups is 1. The molecule has 0 bridgehead atoms. The number of sulfonamides is 1. The molecule has 1 heterocycles. The number of hydrogen-bond donors (Lipinski definition) is 2. The van der Waals surface area contributed by atoms with Crippen molar-refractivity contribution in [1.82, 2.24) is 0 Å². The summed E-state index contributed by atoms with van der Waals surface area (Å²) < 4.78 is 46.2. The number of halogens is 1. The largest absolute Gasteiger partial charge is 0.495 e. The van der Waals surface area contributed by atoms with E-state index >= 15 is 0 Å². The molecule has 0 aliphatic carbocycles. The Hall–Kier alpha value is -2.91. The average Bonchev–Trinajstić information content (AvgIpc) is 3.13. The lowest BCUT2D eigenvalue weighted by atomic mass is 10.2. The molecule has 0 spiro atoms. The summed E-state index contributed by atoms with van der Waals surface area (Å²) in [5, 5.41) is 9.02. The highest BCUT2D eigenvalue weighted by atomic mass is 32.2. The highest BCUT2D eigenvalue weighted by molar-refractivity contribution is 7.94. The molecule has 3 aromatic rings. The third-order valence-corrected chi connectivity index (χ3v) is 6.64. The van der Waals surface area contributed by atoms with Crippen molar-refractivity contribution in [3.8, 4) is 16.2 Å². The zero-order chi connectivity index (χ0) is 19.6. The Morgan fingerprint density at radius 3 is 2.59 bits per heavy atom. The zero-order valence-corrected chi connectivity index (χ0v) is 15.6. The Morgan fingerprint density at radius 2 is 1.93 bits per heavy atom. The predicted octanol–water partition coefficient (Wildman–Crippen LogP) is 4.06. The maximum atomic E-state index is 13.4. The summed E-state index contributed by atoms with van der Waals surface area (Å²) in [7, 11) is -2.62. The zero-order valence-electron chi connectivity index (χ0n) is 14.0. The van der Waals surface area contributed by atoms with Gasteiger partial charge in [-0.1, -0.05) is 12.1 Å². The number of methoxy groups -OCH3 is 1. The molecule has 27 heavy (non-hydrogen) atoms. The van der Waals surface area contributed by atoms with E-state index in [-0.39, 0.29) is 21.2 Å². The first-order valence-corrected chi connectivity index (χ1v) is 9.90. The van der Waals surface area contributed by atoms with Crippen LogP contribution in [0.1, 0.15) is 10.4 Å². The lowest BCUT2D eigenvalue weighted by Crippen LogP contribution is -2.12. The number of nitrogens with one attached hydrogen (secondary N) is 1. The van der Waals surface area contributed by atoms with Crippen LogP contribution in [0, 0.1) is 5.82 Å². The number of hydrogen-bond acceptors (Lipinski definition) is 5. The highest BCUT2D eigenvalue weighted by Crippen LogP contribution is 2.33. The van der Waals surface area contributed by atoms with Crippen molar-refractivity contribution in [2.75, 3.05) is 11.8 Å². The van der Waals surface area contributed by atoms with Crippen LogP contribution < -0.4 is 9.46 Å². The van der Waals surface area contributed by atoms with Crippen molar-refractivity contribution in [2.45, 2.75) is 4.21 Å². The molecule has 3 rings (SSSR count). The van der Waals surface area contributed by atoms with Crippen LogP contribution in [0.4, 0.5) is 10.1 Å². The van der Waals surface area contributed by atoms with Gasteiger partial charge in [0.25, 0.3) is 10.0 Å². The number of benzene rings is 2. The van der Waals surface area contributed by atoms with Gasteiger partial charge in [-0.3, -0.25) is 4.72 Å². The van der Waals surface area contributed by atoms with E-state index < -0.39 is 21.8 Å². The van der Waals surface area contributed by atoms with Gasteiger partial charge in [0.05, 0.1) is 18.4 Å². The molecule has 9 heteroatoms. The van der Waals surface area contributed by atoms with Gasteiger partial charge in [0.15, 0.2) is 0 Å². The Morgan fingerprint density at radius 1 is 1.15 bits per heavy atom. The summed E-state index contributed by atoms with van der Waals surface area (Å²) >= 11 is 0.990. The Kier molecular flexibility index (Phi) is 5.15. The summed E-state index contributed by atoms with van der Waals surface area (Å²) in [6, 6.07) is 12.7. The van der Waals surface area contributed by atoms with E-state index in [0.717, 1.165) is 11.3 Å². The van der Waals surface area contributed by atoms with Gasteiger partial charge in [-0.2, -0.15) is 0 Å². The van der Waals surface area contributed by atoms with E-state index in [4.69, 9.17) is 9.84 Å². The number of rotatable bonds is 6. The van der Waals surface area contributed by atoms with Crippen LogP contribution in [0.3, 0.4) is 0 Å². The van der Waals surface area contributed by atoms with Crippen LogP contribution in [0.25, 0.3) is 10.4 Å². The minimum absolute atomic E-state index is 0.0284. The molecular weight excluding hydrogens is 393 g/mol. The number of aromatic carboxylic acids is 1. The van der Waals surface area contributed by atoms with Crippen molar-refractivity contribution in [2.24, 2.45) is 0 Å². The normalized spacial score (nSPS) is 11.2. The van der Waals surface area contributed by atoms with Crippen molar-refractivity contribution >= 4 is 33.0 Å². The van der Waals surface area contributed by atoms with Gasteiger partial charge in [-0.25, -0.2) is 17.6 Å². The third kappa shape index (κ3) is 4.09. The quantitative estimate of drug-likeness (QED) is 0.643. The van der Waals surface area contributed by atoms with Crippen LogP contribution in [0.2, 0.25) is 0 Å². The van der Waals surface area contributed by atoms with Gasteiger partial charge >= 0.3 is 5.97 Å². The lowest BCUT2D eigenvalue weighted by Gasteiger charge is -2.11. The molecule has 0 saturated carbocycles. The molecule has 0 saturated heterocycles. The van der Waals surface area contributed by atoms with E-state index in [9.17, 15) is 17.6 Å². The Bertz CT molecular complexity index is 1110. The molecule has 2 aromatic carbocycles. The Labute approximate surface area is 158 Å². The van der Waals surface area contributed by atoms with Crippen molar-refractivity contribution in [3.05, 3.63) is 66.0 Å². The van der Waals surface area contributed by atoms with E-state index in [2.05, 4.69) is 4.72 Å². The number of carboxylic acid groups (broad SMARTS) is 1. The van der Waals surface area contributed by atoms with Crippen molar-refractivity contribution in [3.63, 3.8) is 0 Å². The van der Waals surface area contributed by atoms with Gasteiger partial charge < -0.3 is 9.84 Å². The van der Waals surface area contributed by atoms with Gasteiger partial charge in [0, 0.05) is 4.88 Å². The molecule has 0 fully saturated rings. The molecule has 140 valence electrons. The lowest BCUT2D eigenvalue weighted by molar-refractivity contribution is 0.0696. The molecule has 0 unspecified atom stereocenters. The van der Waals surface area contributed by atoms with E-state index in [1.165, 1.54) is 43.5 Å². The molecule has 0 amide bonds. The van der Waals surface area contributed by atoms with Crippen molar-refractivity contribution < 1.29 is 27.4 Å². The van der Waals surface area contributed by atoms with Gasteiger partial charge in [-0.05, 0) is 48.0 Å². The average molecular weight is 407 g/mol. The first kappa shape index (κ1) is 18.9. The highest BCUT2D eigenvalue weighted by Gasteiger charge is 2.20. The first-order valence-electron chi connectivity index (χ1n) is 7.60. The number of ether oxygens (including phenoxy) is 1. The van der Waals surface area contributed by atoms with Crippen LogP contribution in [-0.4, -0.2) is 26.6 Å². The fourth-order valence-corrected chi connectivity index (χ4v) is 4.74. The second kappa shape index (κ2) is 7.37. The number of thiophene rings is 1. The standard InChI is InChI=1S/C18H14FNO5S2/c1-25-15-10-12(18(21)22)5-6-14(15)20-27(23,24)17-8-7-16(26-17)11-3-2-4-13(19)9-11/h2-10,20H,1H3,(H,21,22). The van der Waals surface area contributed by atoms with Crippen molar-refractivity contribution in [1.29, 1.82) is 0 Å². The summed E-state index contributed by atoms with van der Waals surface area (Å²) in [4.78, 5) is 11.6. The number of carboxylic acids is 1. The second-order valence-corrected chi connectivity index (χ2v) is 8.45. The molecule has 6 nitrogen and oxygen atoms in total. The summed E-state index contributed by atoms with van der Waals surface area (Å²) in [6.07, 6.45) is 0. The molecule has 0 atom stereocenters. The maximum Gasteiger partial charge on any atom is 0.335 e. The second-order valence-electron chi connectivity index (χ2n) is 5.45. The van der Waals surface area contributed by atoms with Crippen LogP contribution >= 0.6 is 11.3 Å². The van der Waals surface area contributed by atoms with Gasteiger partial charge in [0.1, 0.15) is 15.8 Å². The minimum atomic E-state index is -3.93. The summed E-state index contributed by atoms with van der Waals surface area (Å²) in [5.74, 6) is -1.48. The van der Waals surface area contributed by atoms with Gasteiger partial charge in [-0.15, -0.1) is 11.3 Å².